The van der Waals surface area contributed by atoms with Crippen molar-refractivity contribution in [1.82, 2.24) is 4.98 Å². The number of rotatable bonds is 3. The van der Waals surface area contributed by atoms with Gasteiger partial charge in [0.05, 0.1) is 0 Å². The highest BCUT2D eigenvalue weighted by Crippen LogP contribution is 2.35. The van der Waals surface area contributed by atoms with E-state index in [-0.39, 0.29) is 0 Å². The summed E-state index contributed by atoms with van der Waals surface area (Å²) in [5.74, 6) is -0.173. The summed E-state index contributed by atoms with van der Waals surface area (Å²) in [7, 11) is 1.58. The number of carbonyl (C=O) groups is 2. The van der Waals surface area contributed by atoms with Crippen molar-refractivity contribution in [2.45, 2.75) is 25.9 Å². The van der Waals surface area contributed by atoms with E-state index in [9.17, 15) is 9.59 Å². The molecule has 6 nitrogen and oxygen atoms in total. The lowest BCUT2D eigenvalue weighted by Gasteiger charge is -2.36. The van der Waals surface area contributed by atoms with E-state index < -0.39 is 17.4 Å². The highest BCUT2D eigenvalue weighted by molar-refractivity contribution is 6.19. The average Bonchev–Trinajstić information content (AvgIpc) is 2.60. The number of anilines is 2. The number of pyridine rings is 1. The van der Waals surface area contributed by atoms with E-state index >= 15 is 0 Å². The third-order valence-electron chi connectivity index (χ3n) is 4.15. The van der Waals surface area contributed by atoms with Gasteiger partial charge in [0, 0.05) is 18.9 Å². The van der Waals surface area contributed by atoms with Crippen LogP contribution in [0, 0.1) is 0 Å². The molecular weight excluding hydrogens is 306 g/mol. The van der Waals surface area contributed by atoms with Crippen molar-refractivity contribution >= 4 is 23.3 Å². The summed E-state index contributed by atoms with van der Waals surface area (Å²) in [6.45, 7) is 3.53. The van der Waals surface area contributed by atoms with Gasteiger partial charge in [-0.3, -0.25) is 14.5 Å². The Kier molecular flexibility index (Phi) is 3.97. The molecule has 2 amide bonds. The number of benzene rings is 1. The summed E-state index contributed by atoms with van der Waals surface area (Å²) >= 11 is 0. The molecule has 6 heteroatoms. The highest BCUT2D eigenvalue weighted by atomic mass is 16.5. The molecule has 0 aliphatic carbocycles. The van der Waals surface area contributed by atoms with Gasteiger partial charge in [0.15, 0.2) is 11.6 Å². The second-order valence-electron chi connectivity index (χ2n) is 5.83. The van der Waals surface area contributed by atoms with Crippen molar-refractivity contribution < 1.29 is 14.3 Å². The first-order valence-electron chi connectivity index (χ1n) is 7.78. The third-order valence-corrected chi connectivity index (χ3v) is 4.15. The van der Waals surface area contributed by atoms with Crippen molar-refractivity contribution in [3.63, 3.8) is 0 Å². The fourth-order valence-corrected chi connectivity index (χ4v) is 2.61. The molecule has 1 N–H and O–H groups in total. The van der Waals surface area contributed by atoms with Crippen molar-refractivity contribution in [3.8, 4) is 5.75 Å². The molecule has 2 aromatic rings. The van der Waals surface area contributed by atoms with E-state index in [0.717, 1.165) is 6.42 Å². The predicted octanol–water partition coefficient (Wildman–Crippen LogP) is 2.40. The van der Waals surface area contributed by atoms with Crippen LogP contribution in [0.3, 0.4) is 0 Å². The Morgan fingerprint density at radius 3 is 2.67 bits per heavy atom. The molecule has 0 bridgehead atoms. The molecule has 3 rings (SSSR count). The number of aromatic nitrogens is 1. The maximum absolute atomic E-state index is 12.7. The predicted molar refractivity (Wildman–Crippen MR) is 91.1 cm³/mol. The summed E-state index contributed by atoms with van der Waals surface area (Å²) < 4.78 is 5.72. The first kappa shape index (κ1) is 16.0. The van der Waals surface area contributed by atoms with Crippen molar-refractivity contribution in [1.29, 1.82) is 0 Å². The molecule has 0 saturated heterocycles. The van der Waals surface area contributed by atoms with Crippen LogP contribution in [0.4, 0.5) is 11.5 Å². The molecule has 0 fully saturated rings. The topological polar surface area (TPSA) is 71.5 Å². The van der Waals surface area contributed by atoms with Gasteiger partial charge in [0.2, 0.25) is 0 Å². The number of aryl methyl sites for hydroxylation is 1. The highest BCUT2D eigenvalue weighted by Gasteiger charge is 2.50. The number of hydrogen-bond donors (Lipinski definition) is 1. The number of ether oxygens (including phenoxy) is 1. The minimum atomic E-state index is -1.64. The summed E-state index contributed by atoms with van der Waals surface area (Å²) in [5, 5.41) is 2.75. The Labute approximate surface area is 140 Å². The van der Waals surface area contributed by atoms with Gasteiger partial charge in [0.1, 0.15) is 0 Å². The van der Waals surface area contributed by atoms with Gasteiger partial charge in [-0.05, 0) is 43.2 Å². The van der Waals surface area contributed by atoms with Crippen molar-refractivity contribution in [2.24, 2.45) is 0 Å². The van der Waals surface area contributed by atoms with Gasteiger partial charge in [-0.15, -0.1) is 0 Å². The van der Waals surface area contributed by atoms with Crippen LogP contribution in [-0.4, -0.2) is 29.4 Å². The summed E-state index contributed by atoms with van der Waals surface area (Å²) in [6.07, 6.45) is 2.49. The quantitative estimate of drug-likeness (QED) is 0.880. The molecule has 1 aromatic heterocycles. The van der Waals surface area contributed by atoms with E-state index in [2.05, 4.69) is 17.2 Å². The van der Waals surface area contributed by atoms with Crippen LogP contribution in [0.5, 0.6) is 5.75 Å². The third kappa shape index (κ3) is 2.60. The normalized spacial score (nSPS) is 19.5. The number of nitrogens with zero attached hydrogens (tertiary/aromatic N) is 2. The van der Waals surface area contributed by atoms with Crippen LogP contribution in [-0.2, 0) is 16.0 Å². The van der Waals surface area contributed by atoms with Crippen molar-refractivity contribution in [2.75, 3.05) is 17.3 Å². The summed E-state index contributed by atoms with van der Waals surface area (Å²) in [4.78, 5) is 30.8. The molecule has 1 aliphatic rings. The van der Waals surface area contributed by atoms with Gasteiger partial charge >= 0.3 is 0 Å². The van der Waals surface area contributed by atoms with Gasteiger partial charge in [0.25, 0.3) is 17.4 Å². The second-order valence-corrected chi connectivity index (χ2v) is 5.83. The first-order valence-corrected chi connectivity index (χ1v) is 7.78. The zero-order chi connectivity index (χ0) is 17.3. The van der Waals surface area contributed by atoms with E-state index in [1.165, 1.54) is 17.4 Å². The molecule has 0 spiro atoms. The lowest BCUT2D eigenvalue weighted by molar-refractivity contribution is -0.145. The van der Waals surface area contributed by atoms with Crippen LogP contribution in [0.15, 0.2) is 42.6 Å². The smallest absolute Gasteiger partial charge is 0.281 e. The molecule has 24 heavy (non-hydrogen) atoms. The average molecular weight is 325 g/mol. The van der Waals surface area contributed by atoms with Crippen molar-refractivity contribution in [3.05, 3.63) is 48.2 Å². The maximum Gasteiger partial charge on any atom is 0.281 e. The summed E-state index contributed by atoms with van der Waals surface area (Å²) in [5.41, 5.74) is 0.146. The molecule has 1 aliphatic heterocycles. The van der Waals surface area contributed by atoms with Crippen LogP contribution in [0.25, 0.3) is 0 Å². The lowest BCUT2D eigenvalue weighted by Crippen LogP contribution is -2.60. The van der Waals surface area contributed by atoms with Gasteiger partial charge in [-0.1, -0.05) is 19.1 Å². The number of likely N-dealkylation sites (N-methyl/N-ethyl adjacent to an activating group) is 1. The van der Waals surface area contributed by atoms with Gasteiger partial charge < -0.3 is 10.1 Å². The van der Waals surface area contributed by atoms with E-state index in [1.807, 2.05) is 24.3 Å². The summed E-state index contributed by atoms with van der Waals surface area (Å²) in [6, 6.07) is 10.9. The number of amides is 2. The standard InChI is InChI=1S/C18H19N3O3/c1-4-12-7-9-13(10-8-12)20-16(22)18(2)17(23)21(3)15-14(24-18)6-5-11-19-15/h5-11H,4H2,1-3H3,(H,20,22)/t18-/m1/s1. The Morgan fingerprint density at radius 1 is 1.29 bits per heavy atom. The number of fused-ring (bicyclic) bond motifs is 1. The second kappa shape index (κ2) is 5.96. The maximum atomic E-state index is 12.7. The van der Waals surface area contributed by atoms with Crippen LogP contribution in [0.2, 0.25) is 0 Å². The van der Waals surface area contributed by atoms with Gasteiger partial charge in [-0.25, -0.2) is 4.98 Å². The molecule has 1 aromatic carbocycles. The lowest BCUT2D eigenvalue weighted by atomic mass is 10.0. The Balaban J connectivity index is 1.86. The minimum absolute atomic E-state index is 0.401. The van der Waals surface area contributed by atoms with Crippen LogP contribution >= 0.6 is 0 Å². The van der Waals surface area contributed by atoms with E-state index in [4.69, 9.17) is 4.74 Å². The fourth-order valence-electron chi connectivity index (χ4n) is 2.61. The number of carbonyl (C=O) groups excluding carboxylic acids is 2. The van der Waals surface area contributed by atoms with Crippen LogP contribution in [0.1, 0.15) is 19.4 Å². The molecule has 1 atom stereocenters. The number of hydrogen-bond acceptors (Lipinski definition) is 4. The van der Waals surface area contributed by atoms with E-state index in [0.29, 0.717) is 17.3 Å². The zero-order valence-electron chi connectivity index (χ0n) is 13.9. The minimum Gasteiger partial charge on any atom is -0.464 e. The molecular formula is C18H19N3O3. The molecule has 0 radical (unpaired) electrons. The molecule has 2 heterocycles. The number of nitrogens with one attached hydrogen (secondary N) is 1. The van der Waals surface area contributed by atoms with E-state index in [1.54, 1.807) is 25.4 Å². The largest absolute Gasteiger partial charge is 0.464 e. The first-order chi connectivity index (χ1) is 11.5. The Hall–Kier alpha value is -2.89. The SMILES string of the molecule is CCc1ccc(NC(=O)[C@@]2(C)Oc3cccnc3N(C)C2=O)cc1. The fraction of sp³-hybridized carbons (Fsp3) is 0.278. The van der Waals surface area contributed by atoms with Gasteiger partial charge in [-0.2, -0.15) is 0 Å². The molecule has 0 unspecified atom stereocenters. The zero-order valence-corrected chi connectivity index (χ0v) is 13.9. The Morgan fingerprint density at radius 2 is 2.00 bits per heavy atom. The van der Waals surface area contributed by atoms with Crippen LogP contribution < -0.4 is 15.0 Å². The monoisotopic (exact) mass is 325 g/mol. The molecule has 124 valence electrons. The Bertz CT molecular complexity index is 788. The molecule has 0 saturated carbocycles.